The number of benzene rings is 1. The van der Waals surface area contributed by atoms with Crippen LogP contribution >= 0.6 is 0 Å². The smallest absolute Gasteiger partial charge is 0.181 e. The van der Waals surface area contributed by atoms with E-state index in [1.54, 1.807) is 0 Å². The highest BCUT2D eigenvalue weighted by molar-refractivity contribution is 5.54. The fraction of sp³-hybridized carbons (Fsp3) is 0.467. The van der Waals surface area contributed by atoms with Gasteiger partial charge in [0.25, 0.3) is 0 Å². The molecule has 0 spiro atoms. The van der Waals surface area contributed by atoms with Gasteiger partial charge in [-0.25, -0.2) is 4.98 Å². The predicted octanol–water partition coefficient (Wildman–Crippen LogP) is 2.09. The normalized spacial score (nSPS) is 29.0. The van der Waals surface area contributed by atoms with Crippen molar-refractivity contribution in [3.05, 3.63) is 36.2 Å². The molecule has 98 valence electrons. The molecule has 0 saturated carbocycles. The first-order chi connectivity index (χ1) is 9.31. The summed E-state index contributed by atoms with van der Waals surface area (Å²) >= 11 is 0. The topological polar surface area (TPSA) is 42.7 Å². The molecule has 1 aromatic heterocycles. The van der Waals surface area contributed by atoms with Crippen LogP contribution < -0.4 is 5.32 Å². The minimum Gasteiger partial charge on any atom is -0.310 e. The van der Waals surface area contributed by atoms with Gasteiger partial charge in [-0.3, -0.25) is 4.68 Å². The number of rotatable bonds is 2. The maximum Gasteiger partial charge on any atom is 0.181 e. The van der Waals surface area contributed by atoms with Gasteiger partial charge in [0, 0.05) is 30.6 Å². The lowest BCUT2D eigenvalue weighted by Crippen LogP contribution is -2.23. The van der Waals surface area contributed by atoms with Gasteiger partial charge in [0.15, 0.2) is 5.82 Å². The van der Waals surface area contributed by atoms with E-state index < -0.39 is 0 Å². The molecule has 3 unspecified atom stereocenters. The molecule has 3 heterocycles. The molecule has 2 aromatic rings. The van der Waals surface area contributed by atoms with Crippen LogP contribution in [0.1, 0.15) is 31.0 Å². The van der Waals surface area contributed by atoms with Crippen molar-refractivity contribution in [2.45, 2.75) is 37.3 Å². The molecule has 0 amide bonds. The Bertz CT molecular complexity index is 589. The van der Waals surface area contributed by atoms with Gasteiger partial charge in [0.05, 0.1) is 0 Å². The summed E-state index contributed by atoms with van der Waals surface area (Å²) < 4.78 is 1.97. The number of nitrogens with zero attached hydrogens (tertiary/aromatic N) is 3. The lowest BCUT2D eigenvalue weighted by atomic mass is 9.88. The highest BCUT2D eigenvalue weighted by atomic mass is 15.3. The summed E-state index contributed by atoms with van der Waals surface area (Å²) in [6.07, 6.45) is 3.82. The van der Waals surface area contributed by atoms with Gasteiger partial charge < -0.3 is 5.32 Å². The van der Waals surface area contributed by atoms with Crippen LogP contribution in [0.5, 0.6) is 0 Å². The van der Waals surface area contributed by atoms with Crippen LogP contribution in [0, 0.1) is 0 Å². The molecule has 4 rings (SSSR count). The third-order valence-electron chi connectivity index (χ3n) is 4.46. The first-order valence-corrected chi connectivity index (χ1v) is 7.03. The number of aromatic nitrogens is 3. The lowest BCUT2D eigenvalue weighted by Gasteiger charge is -2.18. The largest absolute Gasteiger partial charge is 0.310 e. The highest BCUT2D eigenvalue weighted by Gasteiger charge is 2.41. The molecule has 3 atom stereocenters. The second-order valence-corrected chi connectivity index (χ2v) is 5.67. The fourth-order valence-corrected chi connectivity index (χ4v) is 3.54. The molecule has 2 saturated heterocycles. The van der Waals surface area contributed by atoms with Gasteiger partial charge in [0.1, 0.15) is 5.82 Å². The van der Waals surface area contributed by atoms with E-state index in [9.17, 15) is 0 Å². The predicted molar refractivity (Wildman–Crippen MR) is 73.7 cm³/mol. The van der Waals surface area contributed by atoms with Crippen molar-refractivity contribution < 1.29 is 0 Å². The Morgan fingerprint density at radius 2 is 2.05 bits per heavy atom. The summed E-state index contributed by atoms with van der Waals surface area (Å²) in [6, 6.07) is 11.5. The Hall–Kier alpha value is -1.68. The molecular weight excluding hydrogens is 236 g/mol. The first-order valence-electron chi connectivity index (χ1n) is 7.03. The zero-order chi connectivity index (χ0) is 12.8. The van der Waals surface area contributed by atoms with Crippen LogP contribution in [-0.2, 0) is 7.05 Å². The minimum atomic E-state index is 0.536. The average Bonchev–Trinajstić information content (AvgIpc) is 3.14. The molecule has 2 fully saturated rings. The van der Waals surface area contributed by atoms with E-state index in [0.29, 0.717) is 18.0 Å². The summed E-state index contributed by atoms with van der Waals surface area (Å²) in [7, 11) is 2.01. The molecule has 2 bridgehead atoms. The summed E-state index contributed by atoms with van der Waals surface area (Å²) in [4.78, 5) is 4.79. The Kier molecular flexibility index (Phi) is 2.45. The van der Waals surface area contributed by atoms with Crippen LogP contribution in [0.15, 0.2) is 30.3 Å². The van der Waals surface area contributed by atoms with Gasteiger partial charge in [-0.2, -0.15) is 5.10 Å². The molecule has 1 aromatic carbocycles. The van der Waals surface area contributed by atoms with Crippen molar-refractivity contribution in [3.8, 4) is 11.4 Å². The van der Waals surface area contributed by atoms with Crippen LogP contribution in [0.25, 0.3) is 11.4 Å². The SMILES string of the molecule is Cn1nc(-c2ccccc2)nc1C1CC2CCC1N2. The monoisotopic (exact) mass is 254 g/mol. The van der Waals surface area contributed by atoms with E-state index in [0.717, 1.165) is 17.2 Å². The third kappa shape index (κ3) is 1.78. The molecule has 4 nitrogen and oxygen atoms in total. The summed E-state index contributed by atoms with van der Waals surface area (Å²) in [5.41, 5.74) is 1.10. The van der Waals surface area contributed by atoms with Crippen molar-refractivity contribution >= 4 is 0 Å². The Morgan fingerprint density at radius 3 is 2.74 bits per heavy atom. The number of hydrogen-bond acceptors (Lipinski definition) is 3. The summed E-state index contributed by atoms with van der Waals surface area (Å²) in [5.74, 6) is 2.52. The molecule has 19 heavy (non-hydrogen) atoms. The van der Waals surface area contributed by atoms with E-state index in [1.165, 1.54) is 19.3 Å². The molecule has 2 aliphatic heterocycles. The van der Waals surface area contributed by atoms with Gasteiger partial charge in [-0.1, -0.05) is 30.3 Å². The van der Waals surface area contributed by atoms with E-state index in [4.69, 9.17) is 4.98 Å². The maximum atomic E-state index is 4.79. The quantitative estimate of drug-likeness (QED) is 0.892. The van der Waals surface area contributed by atoms with Crippen LogP contribution in [0.4, 0.5) is 0 Å². The van der Waals surface area contributed by atoms with Crippen LogP contribution in [0.2, 0.25) is 0 Å². The first kappa shape index (κ1) is 11.2. The zero-order valence-electron chi connectivity index (χ0n) is 11.1. The Morgan fingerprint density at radius 1 is 1.21 bits per heavy atom. The maximum absolute atomic E-state index is 4.79. The second kappa shape index (κ2) is 4.17. The molecule has 0 aliphatic carbocycles. The van der Waals surface area contributed by atoms with Crippen molar-refractivity contribution in [2.75, 3.05) is 0 Å². The summed E-state index contributed by atoms with van der Waals surface area (Å²) in [6.45, 7) is 0. The lowest BCUT2D eigenvalue weighted by molar-refractivity contribution is 0.469. The highest BCUT2D eigenvalue weighted by Crippen LogP contribution is 2.39. The molecule has 4 heteroatoms. The number of fused-ring (bicyclic) bond motifs is 2. The van der Waals surface area contributed by atoms with Gasteiger partial charge in [0.2, 0.25) is 0 Å². The molecule has 2 aliphatic rings. The van der Waals surface area contributed by atoms with Gasteiger partial charge >= 0.3 is 0 Å². The van der Waals surface area contributed by atoms with E-state index in [1.807, 2.05) is 29.9 Å². The standard InChI is InChI=1S/C15H18N4/c1-19-15(12-9-11-7-8-13(12)16-11)17-14(18-19)10-5-3-2-4-6-10/h2-6,11-13,16H,7-9H2,1H3. The second-order valence-electron chi connectivity index (χ2n) is 5.67. The van der Waals surface area contributed by atoms with Crippen molar-refractivity contribution in [3.63, 3.8) is 0 Å². The number of aryl methyl sites for hydroxylation is 1. The Balaban J connectivity index is 1.69. The molecule has 0 radical (unpaired) electrons. The summed E-state index contributed by atoms with van der Waals surface area (Å²) in [5, 5.41) is 8.26. The minimum absolute atomic E-state index is 0.536. The third-order valence-corrected chi connectivity index (χ3v) is 4.46. The van der Waals surface area contributed by atoms with Crippen molar-refractivity contribution in [2.24, 2.45) is 7.05 Å². The zero-order valence-corrected chi connectivity index (χ0v) is 11.1. The van der Waals surface area contributed by atoms with Gasteiger partial charge in [-0.15, -0.1) is 0 Å². The fourth-order valence-electron chi connectivity index (χ4n) is 3.54. The number of hydrogen-bond donors (Lipinski definition) is 1. The number of nitrogens with one attached hydrogen (secondary N) is 1. The average molecular weight is 254 g/mol. The van der Waals surface area contributed by atoms with E-state index >= 15 is 0 Å². The van der Waals surface area contributed by atoms with Gasteiger partial charge in [-0.05, 0) is 19.3 Å². The van der Waals surface area contributed by atoms with Crippen LogP contribution in [-0.4, -0.2) is 26.8 Å². The van der Waals surface area contributed by atoms with E-state index in [2.05, 4.69) is 22.5 Å². The van der Waals surface area contributed by atoms with E-state index in [-0.39, 0.29) is 0 Å². The molecular formula is C15H18N4. The Labute approximate surface area is 112 Å². The molecule has 1 N–H and O–H groups in total. The van der Waals surface area contributed by atoms with Crippen molar-refractivity contribution in [1.29, 1.82) is 0 Å². The van der Waals surface area contributed by atoms with Crippen LogP contribution in [0.3, 0.4) is 0 Å². The van der Waals surface area contributed by atoms with Crippen molar-refractivity contribution in [1.82, 2.24) is 20.1 Å².